The maximum absolute atomic E-state index is 12.5. The van der Waals surface area contributed by atoms with Crippen molar-refractivity contribution in [2.75, 3.05) is 5.32 Å². The predicted octanol–water partition coefficient (Wildman–Crippen LogP) is 1.50. The maximum atomic E-state index is 12.5. The van der Waals surface area contributed by atoms with Crippen molar-refractivity contribution in [3.05, 3.63) is 73.1 Å². The molecule has 2 aromatic carbocycles. The SMILES string of the molecule is O=C(Nc1ccccc1-n1cncn1)c1ccc(-n2cnnn2)cc1. The average molecular weight is 332 g/mol. The van der Waals surface area contributed by atoms with E-state index in [0.717, 1.165) is 11.4 Å². The van der Waals surface area contributed by atoms with Crippen LogP contribution in [0.5, 0.6) is 0 Å². The number of carbonyl (C=O) groups excluding carboxylic acids is 1. The molecule has 0 bridgehead atoms. The van der Waals surface area contributed by atoms with E-state index in [0.29, 0.717) is 11.3 Å². The van der Waals surface area contributed by atoms with E-state index in [4.69, 9.17) is 0 Å². The summed E-state index contributed by atoms with van der Waals surface area (Å²) in [6.07, 6.45) is 4.51. The van der Waals surface area contributed by atoms with Gasteiger partial charge in [0, 0.05) is 5.56 Å². The van der Waals surface area contributed by atoms with Crippen LogP contribution in [0.15, 0.2) is 67.5 Å². The number of hydrogen-bond donors (Lipinski definition) is 1. The zero-order valence-corrected chi connectivity index (χ0v) is 12.9. The fraction of sp³-hybridized carbons (Fsp3) is 0. The second kappa shape index (κ2) is 6.32. The van der Waals surface area contributed by atoms with E-state index in [-0.39, 0.29) is 5.91 Å². The molecule has 1 N–H and O–H groups in total. The van der Waals surface area contributed by atoms with Gasteiger partial charge in [0.1, 0.15) is 19.0 Å². The molecule has 4 aromatic rings. The third-order valence-corrected chi connectivity index (χ3v) is 3.56. The Balaban J connectivity index is 1.57. The van der Waals surface area contributed by atoms with Crippen molar-refractivity contribution in [2.45, 2.75) is 0 Å². The van der Waals surface area contributed by atoms with Gasteiger partial charge in [-0.3, -0.25) is 4.79 Å². The monoisotopic (exact) mass is 332 g/mol. The zero-order valence-electron chi connectivity index (χ0n) is 12.9. The number of para-hydroxylation sites is 2. The van der Waals surface area contributed by atoms with Crippen LogP contribution in [0.2, 0.25) is 0 Å². The molecule has 0 saturated heterocycles. The molecule has 0 spiro atoms. The summed E-state index contributed by atoms with van der Waals surface area (Å²) in [5.41, 5.74) is 2.66. The summed E-state index contributed by atoms with van der Waals surface area (Å²) >= 11 is 0. The van der Waals surface area contributed by atoms with Crippen molar-refractivity contribution >= 4 is 11.6 Å². The normalized spacial score (nSPS) is 10.6. The lowest BCUT2D eigenvalue weighted by molar-refractivity contribution is 0.102. The van der Waals surface area contributed by atoms with Gasteiger partial charge < -0.3 is 5.32 Å². The van der Waals surface area contributed by atoms with Gasteiger partial charge in [-0.05, 0) is 46.8 Å². The second-order valence-electron chi connectivity index (χ2n) is 5.11. The average Bonchev–Trinajstić information content (AvgIpc) is 3.36. The van der Waals surface area contributed by atoms with Crippen molar-refractivity contribution < 1.29 is 4.79 Å². The van der Waals surface area contributed by atoms with Gasteiger partial charge in [-0.25, -0.2) is 14.3 Å². The molecule has 1 amide bonds. The van der Waals surface area contributed by atoms with Gasteiger partial charge in [0.05, 0.1) is 17.1 Å². The maximum Gasteiger partial charge on any atom is 0.255 e. The van der Waals surface area contributed by atoms with Crippen LogP contribution in [0.1, 0.15) is 10.4 Å². The Hall–Kier alpha value is -3.88. The largest absolute Gasteiger partial charge is 0.320 e. The summed E-state index contributed by atoms with van der Waals surface area (Å²) in [7, 11) is 0. The van der Waals surface area contributed by atoms with Crippen molar-refractivity contribution in [3.63, 3.8) is 0 Å². The van der Waals surface area contributed by atoms with Gasteiger partial charge in [-0.15, -0.1) is 5.10 Å². The summed E-state index contributed by atoms with van der Waals surface area (Å²) in [4.78, 5) is 16.5. The molecule has 9 heteroatoms. The van der Waals surface area contributed by atoms with E-state index in [1.165, 1.54) is 17.3 Å². The number of aromatic nitrogens is 7. The summed E-state index contributed by atoms with van der Waals surface area (Å²) in [6.45, 7) is 0. The van der Waals surface area contributed by atoms with E-state index in [2.05, 4.69) is 30.9 Å². The van der Waals surface area contributed by atoms with Gasteiger partial charge in [0.25, 0.3) is 5.91 Å². The Bertz CT molecular complexity index is 977. The smallest absolute Gasteiger partial charge is 0.255 e. The predicted molar refractivity (Wildman–Crippen MR) is 88.5 cm³/mol. The Kier molecular flexibility index (Phi) is 3.71. The second-order valence-corrected chi connectivity index (χ2v) is 5.11. The minimum atomic E-state index is -0.226. The fourth-order valence-electron chi connectivity index (χ4n) is 2.35. The van der Waals surface area contributed by atoms with Crippen molar-refractivity contribution in [2.24, 2.45) is 0 Å². The lowest BCUT2D eigenvalue weighted by Gasteiger charge is -2.11. The van der Waals surface area contributed by atoms with Crippen LogP contribution in [0.25, 0.3) is 11.4 Å². The standard InChI is InChI=1S/C16H12N8O/c25-16(12-5-7-13(8-6-12)23-11-18-21-22-23)20-14-3-1-2-4-15(14)24-10-17-9-19-24/h1-11H,(H,20,25). The highest BCUT2D eigenvalue weighted by molar-refractivity contribution is 6.05. The fourth-order valence-corrected chi connectivity index (χ4v) is 2.35. The van der Waals surface area contributed by atoms with Crippen LogP contribution >= 0.6 is 0 Å². The first-order valence-electron chi connectivity index (χ1n) is 7.40. The van der Waals surface area contributed by atoms with Gasteiger partial charge in [0.15, 0.2) is 0 Å². The number of benzene rings is 2. The molecule has 2 heterocycles. The highest BCUT2D eigenvalue weighted by Gasteiger charge is 2.11. The number of rotatable bonds is 4. The van der Waals surface area contributed by atoms with Gasteiger partial charge in [-0.1, -0.05) is 12.1 Å². The van der Waals surface area contributed by atoms with Crippen LogP contribution in [0.4, 0.5) is 5.69 Å². The highest BCUT2D eigenvalue weighted by Crippen LogP contribution is 2.19. The molecule has 25 heavy (non-hydrogen) atoms. The summed E-state index contributed by atoms with van der Waals surface area (Å²) in [5.74, 6) is -0.226. The number of hydrogen-bond acceptors (Lipinski definition) is 6. The van der Waals surface area contributed by atoms with Crippen molar-refractivity contribution in [1.29, 1.82) is 0 Å². The highest BCUT2D eigenvalue weighted by atomic mass is 16.1. The molecule has 0 atom stereocenters. The van der Waals surface area contributed by atoms with E-state index in [1.807, 2.05) is 24.3 Å². The molecular weight excluding hydrogens is 320 g/mol. The number of nitrogens with one attached hydrogen (secondary N) is 1. The molecule has 4 rings (SSSR count). The number of anilines is 1. The number of carbonyl (C=O) groups is 1. The molecule has 0 aliphatic rings. The topological polar surface area (TPSA) is 103 Å². The quantitative estimate of drug-likeness (QED) is 0.607. The number of nitrogens with zero attached hydrogens (tertiary/aromatic N) is 7. The van der Waals surface area contributed by atoms with Gasteiger partial charge in [-0.2, -0.15) is 5.10 Å². The van der Waals surface area contributed by atoms with E-state index >= 15 is 0 Å². The lowest BCUT2D eigenvalue weighted by Crippen LogP contribution is -2.14. The third-order valence-electron chi connectivity index (χ3n) is 3.56. The van der Waals surface area contributed by atoms with Crippen LogP contribution in [-0.4, -0.2) is 40.9 Å². The first kappa shape index (κ1) is 14.7. The molecule has 0 aliphatic heterocycles. The minimum Gasteiger partial charge on any atom is -0.320 e. The van der Waals surface area contributed by atoms with Gasteiger partial charge >= 0.3 is 0 Å². The molecule has 0 aliphatic carbocycles. The van der Waals surface area contributed by atoms with Crippen molar-refractivity contribution in [3.8, 4) is 11.4 Å². The van der Waals surface area contributed by atoms with E-state index < -0.39 is 0 Å². The van der Waals surface area contributed by atoms with Crippen molar-refractivity contribution in [1.82, 2.24) is 35.0 Å². The number of amides is 1. The molecule has 0 fully saturated rings. The Labute approximate surface area is 141 Å². The molecule has 0 unspecified atom stereocenters. The van der Waals surface area contributed by atoms with Crippen LogP contribution in [0, 0.1) is 0 Å². The van der Waals surface area contributed by atoms with E-state index in [1.54, 1.807) is 35.3 Å². The molecule has 122 valence electrons. The Morgan fingerprint density at radius 3 is 2.52 bits per heavy atom. The molecule has 2 aromatic heterocycles. The minimum absolute atomic E-state index is 0.226. The molecule has 0 radical (unpaired) electrons. The van der Waals surface area contributed by atoms with E-state index in [9.17, 15) is 4.79 Å². The summed E-state index contributed by atoms with van der Waals surface area (Å²) in [6, 6.07) is 14.3. The third kappa shape index (κ3) is 2.98. The lowest BCUT2D eigenvalue weighted by atomic mass is 10.2. The summed E-state index contributed by atoms with van der Waals surface area (Å²) < 4.78 is 3.11. The first-order valence-corrected chi connectivity index (χ1v) is 7.40. The first-order chi connectivity index (χ1) is 12.3. The zero-order chi connectivity index (χ0) is 17.1. The Morgan fingerprint density at radius 1 is 0.960 bits per heavy atom. The van der Waals surface area contributed by atoms with Crippen LogP contribution in [0.3, 0.4) is 0 Å². The molecule has 9 nitrogen and oxygen atoms in total. The van der Waals surface area contributed by atoms with Gasteiger partial charge in [0.2, 0.25) is 0 Å². The molecular formula is C16H12N8O. The Morgan fingerprint density at radius 2 is 1.80 bits per heavy atom. The summed E-state index contributed by atoms with van der Waals surface area (Å²) in [5, 5.41) is 18.0. The number of tetrazole rings is 1. The van der Waals surface area contributed by atoms with Crippen LogP contribution < -0.4 is 5.32 Å². The van der Waals surface area contributed by atoms with Crippen LogP contribution in [-0.2, 0) is 0 Å². The molecule has 0 saturated carbocycles.